The minimum atomic E-state index is -0.435. The van der Waals surface area contributed by atoms with Gasteiger partial charge in [-0.05, 0) is 24.6 Å². The topological polar surface area (TPSA) is 23.8 Å². The molecule has 0 aromatic heterocycles. The molecule has 0 bridgehead atoms. The minimum absolute atomic E-state index is 0.289. The largest absolute Gasteiger partial charge is 0.207 e. The lowest BCUT2D eigenvalue weighted by molar-refractivity contribution is 0.627. The average Bonchev–Trinajstić information content (AvgIpc) is 2.23. The number of alkyl halides is 1. The fraction of sp³-hybridized carbons (Fsp3) is 0.250. The maximum Gasteiger partial charge on any atom is 0.125 e. The molecule has 1 rings (SSSR count). The van der Waals surface area contributed by atoms with Crippen molar-refractivity contribution in [2.24, 2.45) is 0 Å². The molecule has 76 valence electrons. The van der Waals surface area contributed by atoms with Gasteiger partial charge in [-0.15, -0.1) is 11.6 Å². The van der Waals surface area contributed by atoms with Crippen LogP contribution in [-0.2, 0) is 0 Å². The summed E-state index contributed by atoms with van der Waals surface area (Å²) in [6.45, 7) is 0. The van der Waals surface area contributed by atoms with Gasteiger partial charge in [-0.3, -0.25) is 0 Å². The van der Waals surface area contributed by atoms with Gasteiger partial charge in [0.15, 0.2) is 0 Å². The summed E-state index contributed by atoms with van der Waals surface area (Å²) in [5.74, 6) is 5.80. The van der Waals surface area contributed by atoms with Gasteiger partial charge in [0.05, 0.1) is 11.6 Å². The van der Waals surface area contributed by atoms with Crippen molar-refractivity contribution in [2.45, 2.75) is 12.8 Å². The molecular formula is C12H9ClFN. The van der Waals surface area contributed by atoms with Crippen molar-refractivity contribution in [2.75, 3.05) is 5.88 Å². The summed E-state index contributed by atoms with van der Waals surface area (Å²) < 4.78 is 13.0. The molecule has 0 saturated heterocycles. The lowest BCUT2D eigenvalue weighted by Crippen LogP contribution is -1.83. The highest BCUT2D eigenvalue weighted by atomic mass is 35.5. The third kappa shape index (κ3) is 4.02. The number of rotatable bonds is 2. The van der Waals surface area contributed by atoms with Crippen LogP contribution in [0, 0.1) is 29.0 Å². The summed E-state index contributed by atoms with van der Waals surface area (Å²) in [5, 5.41) is 8.61. The zero-order chi connectivity index (χ0) is 11.1. The monoisotopic (exact) mass is 221 g/mol. The highest BCUT2D eigenvalue weighted by Crippen LogP contribution is 2.07. The van der Waals surface area contributed by atoms with E-state index in [2.05, 4.69) is 11.8 Å². The fourth-order valence-electron chi connectivity index (χ4n) is 1.05. The number of nitriles is 1. The van der Waals surface area contributed by atoms with E-state index in [1.807, 2.05) is 6.07 Å². The predicted octanol–water partition coefficient (Wildman–Crippen LogP) is 3.07. The van der Waals surface area contributed by atoms with Gasteiger partial charge in [0, 0.05) is 17.9 Å². The van der Waals surface area contributed by atoms with Crippen molar-refractivity contribution < 1.29 is 4.39 Å². The van der Waals surface area contributed by atoms with Crippen LogP contribution in [0.4, 0.5) is 4.39 Å². The summed E-state index contributed by atoms with van der Waals surface area (Å²) in [4.78, 5) is 0. The molecule has 0 aliphatic rings. The molecule has 0 heterocycles. The smallest absolute Gasteiger partial charge is 0.125 e. The molecule has 1 aromatic carbocycles. The van der Waals surface area contributed by atoms with E-state index in [9.17, 15) is 4.39 Å². The molecule has 0 atom stereocenters. The van der Waals surface area contributed by atoms with Crippen LogP contribution >= 0.6 is 11.6 Å². The molecule has 0 unspecified atom stereocenters. The molecule has 1 nitrogen and oxygen atoms in total. The maximum absolute atomic E-state index is 13.0. The average molecular weight is 222 g/mol. The van der Waals surface area contributed by atoms with Gasteiger partial charge < -0.3 is 0 Å². The van der Waals surface area contributed by atoms with E-state index < -0.39 is 5.82 Å². The van der Waals surface area contributed by atoms with Crippen LogP contribution in [0.2, 0.25) is 0 Å². The van der Waals surface area contributed by atoms with Gasteiger partial charge in [-0.2, -0.15) is 5.26 Å². The quantitative estimate of drug-likeness (QED) is 0.428. The maximum atomic E-state index is 13.0. The molecule has 0 aliphatic heterocycles. The standard InChI is InChI=1S/C12H9ClFN/c13-5-3-1-2-4-10-6-11(9-15)8-12(14)7-10/h6-8H,1,3,5H2. The van der Waals surface area contributed by atoms with Crippen molar-refractivity contribution in [1.82, 2.24) is 0 Å². The van der Waals surface area contributed by atoms with E-state index in [4.69, 9.17) is 16.9 Å². The Morgan fingerprint density at radius 1 is 1.27 bits per heavy atom. The van der Waals surface area contributed by atoms with Crippen LogP contribution < -0.4 is 0 Å². The Morgan fingerprint density at radius 2 is 2.00 bits per heavy atom. The van der Waals surface area contributed by atoms with Crippen molar-refractivity contribution >= 4 is 11.6 Å². The molecule has 0 radical (unpaired) electrons. The summed E-state index contributed by atoms with van der Waals surface area (Å²) in [6, 6.07) is 5.95. The van der Waals surface area contributed by atoms with Crippen LogP contribution in [-0.4, -0.2) is 5.88 Å². The molecule has 0 N–H and O–H groups in total. The number of hydrogen-bond donors (Lipinski definition) is 0. The molecule has 0 aliphatic carbocycles. The second-order valence-corrected chi connectivity index (χ2v) is 3.31. The van der Waals surface area contributed by atoms with Gasteiger partial charge in [0.1, 0.15) is 5.82 Å². The zero-order valence-corrected chi connectivity index (χ0v) is 8.81. The summed E-state index contributed by atoms with van der Waals surface area (Å²) >= 11 is 5.49. The van der Waals surface area contributed by atoms with E-state index in [0.717, 1.165) is 6.42 Å². The first-order chi connectivity index (χ1) is 7.26. The molecular weight excluding hydrogens is 213 g/mol. The highest BCUT2D eigenvalue weighted by Gasteiger charge is 1.97. The first kappa shape index (κ1) is 11.6. The minimum Gasteiger partial charge on any atom is -0.207 e. The number of unbranched alkanes of at least 4 members (excludes halogenated alkanes) is 1. The summed E-state index contributed by atoms with van der Waals surface area (Å²) in [6.07, 6.45) is 1.50. The lowest BCUT2D eigenvalue weighted by Gasteiger charge is -1.93. The SMILES string of the molecule is N#Cc1cc(F)cc(C#CCCCCl)c1. The number of benzene rings is 1. The highest BCUT2D eigenvalue weighted by molar-refractivity contribution is 6.17. The van der Waals surface area contributed by atoms with E-state index >= 15 is 0 Å². The Kier molecular flexibility index (Phi) is 4.68. The van der Waals surface area contributed by atoms with E-state index in [-0.39, 0.29) is 5.56 Å². The molecule has 0 saturated carbocycles. The van der Waals surface area contributed by atoms with E-state index in [1.165, 1.54) is 12.1 Å². The second kappa shape index (κ2) is 6.06. The van der Waals surface area contributed by atoms with Crippen LogP contribution in [0.1, 0.15) is 24.0 Å². The fourth-order valence-corrected chi connectivity index (χ4v) is 1.18. The summed E-state index contributed by atoms with van der Waals surface area (Å²) in [7, 11) is 0. The molecule has 3 heteroatoms. The van der Waals surface area contributed by atoms with Crippen molar-refractivity contribution in [1.29, 1.82) is 5.26 Å². The van der Waals surface area contributed by atoms with E-state index in [0.29, 0.717) is 17.9 Å². The number of hydrogen-bond acceptors (Lipinski definition) is 1. The van der Waals surface area contributed by atoms with Gasteiger partial charge in [-0.25, -0.2) is 4.39 Å². The Hall–Kier alpha value is -1.51. The first-order valence-corrected chi connectivity index (χ1v) is 5.05. The summed E-state index contributed by atoms with van der Waals surface area (Å²) in [5.41, 5.74) is 0.817. The zero-order valence-electron chi connectivity index (χ0n) is 8.06. The van der Waals surface area contributed by atoms with Crippen LogP contribution in [0.3, 0.4) is 0 Å². The number of nitrogens with zero attached hydrogens (tertiary/aromatic N) is 1. The molecule has 15 heavy (non-hydrogen) atoms. The van der Waals surface area contributed by atoms with Gasteiger partial charge in [0.2, 0.25) is 0 Å². The Bertz CT molecular complexity index is 437. The van der Waals surface area contributed by atoms with Crippen molar-refractivity contribution in [3.63, 3.8) is 0 Å². The van der Waals surface area contributed by atoms with Gasteiger partial charge >= 0.3 is 0 Å². The normalized spacial score (nSPS) is 8.87. The predicted molar refractivity (Wildman–Crippen MR) is 57.9 cm³/mol. The van der Waals surface area contributed by atoms with E-state index in [1.54, 1.807) is 6.07 Å². The third-order valence-electron chi connectivity index (χ3n) is 1.70. The third-order valence-corrected chi connectivity index (χ3v) is 1.96. The molecule has 0 spiro atoms. The van der Waals surface area contributed by atoms with Crippen LogP contribution in [0.5, 0.6) is 0 Å². The first-order valence-electron chi connectivity index (χ1n) is 4.52. The second-order valence-electron chi connectivity index (χ2n) is 2.93. The number of halogens is 2. The Labute approximate surface area is 93.5 Å². The van der Waals surface area contributed by atoms with Crippen LogP contribution in [0.25, 0.3) is 0 Å². The van der Waals surface area contributed by atoms with Crippen molar-refractivity contribution in [3.8, 4) is 17.9 Å². The Balaban J connectivity index is 2.80. The van der Waals surface area contributed by atoms with Gasteiger partial charge in [-0.1, -0.05) is 11.8 Å². The lowest BCUT2D eigenvalue weighted by atomic mass is 10.1. The Morgan fingerprint density at radius 3 is 2.67 bits per heavy atom. The molecule has 1 aromatic rings. The molecule has 0 amide bonds. The molecule has 0 fully saturated rings. The van der Waals surface area contributed by atoms with Crippen LogP contribution in [0.15, 0.2) is 18.2 Å². The van der Waals surface area contributed by atoms with Gasteiger partial charge in [0.25, 0.3) is 0 Å². The van der Waals surface area contributed by atoms with Crippen molar-refractivity contribution in [3.05, 3.63) is 35.1 Å².